The molecular formula is C11H15N5O7. The smallest absolute Gasteiger partial charge is 0.340 e. The number of ether oxygens (including phenoxy) is 1. The number of hydrogen-bond donors (Lipinski definition) is 4. The average Bonchev–Trinajstić information content (AvgIpc) is 2.83. The number of aliphatic hydroxyl groups is 2. The van der Waals surface area contributed by atoms with E-state index in [0.29, 0.717) is 5.01 Å². The Morgan fingerprint density at radius 2 is 2.26 bits per heavy atom. The van der Waals surface area contributed by atoms with E-state index in [1.807, 2.05) is 4.98 Å². The molecule has 1 aromatic rings. The SMILES string of the molecule is CN(N=O)C(=O)NC1C(CO)OC(n2ccc(=O)[nH]c2=O)C1O. The Kier molecular flexibility index (Phi) is 4.88. The Morgan fingerprint density at radius 3 is 2.83 bits per heavy atom. The number of aliphatic hydroxyl groups excluding tert-OH is 2. The first-order chi connectivity index (χ1) is 10.9. The first-order valence-corrected chi connectivity index (χ1v) is 6.52. The lowest BCUT2D eigenvalue weighted by molar-refractivity contribution is -0.0532. The summed E-state index contributed by atoms with van der Waals surface area (Å²) in [7, 11) is 1.10. The quantitative estimate of drug-likeness (QED) is 0.349. The number of nitrogens with zero attached hydrogens (tertiary/aromatic N) is 3. The monoisotopic (exact) mass is 329 g/mol. The highest BCUT2D eigenvalue weighted by molar-refractivity contribution is 5.74. The van der Waals surface area contributed by atoms with E-state index in [2.05, 4.69) is 10.6 Å². The fourth-order valence-corrected chi connectivity index (χ4v) is 2.21. The van der Waals surface area contributed by atoms with Crippen LogP contribution in [0.2, 0.25) is 0 Å². The second kappa shape index (κ2) is 6.68. The predicted molar refractivity (Wildman–Crippen MR) is 74.2 cm³/mol. The number of carbonyl (C=O) groups is 1. The van der Waals surface area contributed by atoms with E-state index in [1.165, 1.54) is 0 Å². The molecule has 12 nitrogen and oxygen atoms in total. The topological polar surface area (TPSA) is 166 Å². The van der Waals surface area contributed by atoms with Crippen molar-refractivity contribution in [2.45, 2.75) is 24.5 Å². The lowest BCUT2D eigenvalue weighted by Crippen LogP contribution is -2.51. The summed E-state index contributed by atoms with van der Waals surface area (Å²) in [5, 5.41) is 24.7. The molecule has 0 saturated carbocycles. The molecule has 0 bridgehead atoms. The molecule has 2 amide bonds. The van der Waals surface area contributed by atoms with Gasteiger partial charge >= 0.3 is 11.7 Å². The summed E-state index contributed by atoms with van der Waals surface area (Å²) < 4.78 is 6.27. The molecule has 12 heteroatoms. The highest BCUT2D eigenvalue weighted by Crippen LogP contribution is 2.28. The number of amides is 2. The number of nitrogens with one attached hydrogen (secondary N) is 2. The fourth-order valence-electron chi connectivity index (χ4n) is 2.21. The van der Waals surface area contributed by atoms with Gasteiger partial charge in [-0.2, -0.15) is 5.01 Å². The van der Waals surface area contributed by atoms with Gasteiger partial charge < -0.3 is 20.3 Å². The van der Waals surface area contributed by atoms with Crippen LogP contribution < -0.4 is 16.6 Å². The van der Waals surface area contributed by atoms with Crippen molar-refractivity contribution in [3.8, 4) is 0 Å². The van der Waals surface area contributed by atoms with Crippen molar-refractivity contribution in [2.24, 2.45) is 5.29 Å². The van der Waals surface area contributed by atoms with E-state index >= 15 is 0 Å². The van der Waals surface area contributed by atoms with E-state index < -0.39 is 48.4 Å². The van der Waals surface area contributed by atoms with Crippen molar-refractivity contribution in [1.82, 2.24) is 19.9 Å². The second-order valence-electron chi connectivity index (χ2n) is 4.84. The van der Waals surface area contributed by atoms with Crippen LogP contribution in [-0.2, 0) is 4.74 Å². The van der Waals surface area contributed by atoms with Crippen LogP contribution >= 0.6 is 0 Å². The van der Waals surface area contributed by atoms with Gasteiger partial charge in [0.1, 0.15) is 12.2 Å². The zero-order valence-corrected chi connectivity index (χ0v) is 11.9. The van der Waals surface area contributed by atoms with E-state index in [0.717, 1.165) is 23.9 Å². The summed E-state index contributed by atoms with van der Waals surface area (Å²) in [5.41, 5.74) is -1.45. The van der Waals surface area contributed by atoms with E-state index in [-0.39, 0.29) is 0 Å². The molecule has 1 aliphatic heterocycles. The van der Waals surface area contributed by atoms with E-state index in [4.69, 9.17) is 4.74 Å². The number of hydrogen-bond acceptors (Lipinski definition) is 8. The lowest BCUT2D eigenvalue weighted by Gasteiger charge is -2.21. The van der Waals surface area contributed by atoms with Crippen molar-refractivity contribution >= 4 is 6.03 Å². The van der Waals surface area contributed by atoms with Crippen LogP contribution in [0, 0.1) is 4.91 Å². The molecule has 0 aromatic carbocycles. The molecule has 1 aliphatic rings. The fraction of sp³-hybridized carbons (Fsp3) is 0.545. The van der Waals surface area contributed by atoms with Crippen molar-refractivity contribution in [3.05, 3.63) is 38.0 Å². The van der Waals surface area contributed by atoms with Gasteiger partial charge in [-0.05, 0) is 0 Å². The van der Waals surface area contributed by atoms with Gasteiger partial charge in [-0.3, -0.25) is 14.3 Å². The van der Waals surface area contributed by atoms with Crippen LogP contribution in [0.5, 0.6) is 0 Å². The van der Waals surface area contributed by atoms with Crippen molar-refractivity contribution < 1.29 is 19.7 Å². The first-order valence-electron chi connectivity index (χ1n) is 6.52. The number of rotatable bonds is 4. The van der Waals surface area contributed by atoms with Crippen LogP contribution in [0.25, 0.3) is 0 Å². The second-order valence-corrected chi connectivity index (χ2v) is 4.84. The molecule has 4 N–H and O–H groups in total. The van der Waals surface area contributed by atoms with Gasteiger partial charge in [0.15, 0.2) is 6.23 Å². The number of aromatic nitrogens is 2. The summed E-state index contributed by atoms with van der Waals surface area (Å²) in [6, 6.07) is -0.956. The molecule has 1 aromatic heterocycles. The van der Waals surface area contributed by atoms with Gasteiger partial charge in [-0.25, -0.2) is 9.59 Å². The summed E-state index contributed by atoms with van der Waals surface area (Å²) >= 11 is 0. The molecule has 0 spiro atoms. The third kappa shape index (κ3) is 3.28. The normalized spacial score (nSPS) is 26.7. The van der Waals surface area contributed by atoms with Gasteiger partial charge in [0.2, 0.25) is 0 Å². The number of urea groups is 1. The van der Waals surface area contributed by atoms with Crippen LogP contribution in [0.4, 0.5) is 4.79 Å². The average molecular weight is 329 g/mol. The van der Waals surface area contributed by atoms with Gasteiger partial charge in [0.25, 0.3) is 5.56 Å². The van der Waals surface area contributed by atoms with E-state index in [9.17, 15) is 29.5 Å². The minimum atomic E-state index is -1.42. The molecule has 0 aliphatic carbocycles. The van der Waals surface area contributed by atoms with Crippen molar-refractivity contribution in [3.63, 3.8) is 0 Å². The Bertz CT molecular complexity index is 700. The third-order valence-electron chi connectivity index (χ3n) is 3.39. The first kappa shape index (κ1) is 16.8. The van der Waals surface area contributed by atoms with Crippen LogP contribution in [0.15, 0.2) is 27.1 Å². The Morgan fingerprint density at radius 1 is 1.57 bits per heavy atom. The maximum Gasteiger partial charge on any atom is 0.340 e. The standard InChI is InChI=1S/C11H15N5O7/c1-15(14-22)10(20)13-7-5(4-17)23-9(8(7)19)16-3-2-6(18)12-11(16)21/h2-3,5,7-9,17,19H,4H2,1H3,(H,13,20)(H,12,18,21). The maximum absolute atomic E-state index is 11.8. The molecule has 23 heavy (non-hydrogen) atoms. The number of H-pyrrole nitrogens is 1. The van der Waals surface area contributed by atoms with Gasteiger partial charge in [0, 0.05) is 19.3 Å². The van der Waals surface area contributed by atoms with Crippen LogP contribution in [-0.4, -0.2) is 62.7 Å². The van der Waals surface area contributed by atoms with E-state index in [1.54, 1.807) is 0 Å². The van der Waals surface area contributed by atoms with Crippen molar-refractivity contribution in [2.75, 3.05) is 13.7 Å². The maximum atomic E-state index is 11.8. The lowest BCUT2D eigenvalue weighted by atomic mass is 10.1. The predicted octanol–water partition coefficient (Wildman–Crippen LogP) is -2.52. The molecule has 1 saturated heterocycles. The van der Waals surface area contributed by atoms with Crippen molar-refractivity contribution in [1.29, 1.82) is 0 Å². The zero-order chi connectivity index (χ0) is 17.1. The Hall–Kier alpha value is -2.57. The Balaban J connectivity index is 2.25. The molecule has 2 rings (SSSR count). The van der Waals surface area contributed by atoms with Crippen LogP contribution in [0.1, 0.15) is 6.23 Å². The Labute approximate surface area is 128 Å². The molecule has 126 valence electrons. The summed E-state index contributed by atoms with van der Waals surface area (Å²) in [4.78, 5) is 46.8. The summed E-state index contributed by atoms with van der Waals surface area (Å²) in [6.45, 7) is -0.561. The van der Waals surface area contributed by atoms with Crippen LogP contribution in [0.3, 0.4) is 0 Å². The molecule has 4 atom stereocenters. The van der Waals surface area contributed by atoms with Gasteiger partial charge in [-0.15, -0.1) is 4.91 Å². The van der Waals surface area contributed by atoms with Gasteiger partial charge in [-0.1, -0.05) is 0 Å². The number of carbonyl (C=O) groups excluding carboxylic acids is 1. The molecule has 1 fully saturated rings. The molecule has 0 radical (unpaired) electrons. The largest absolute Gasteiger partial charge is 0.394 e. The van der Waals surface area contributed by atoms with Gasteiger partial charge in [0.05, 0.1) is 17.9 Å². The zero-order valence-electron chi connectivity index (χ0n) is 11.9. The highest BCUT2D eigenvalue weighted by Gasteiger charge is 2.45. The summed E-state index contributed by atoms with van der Waals surface area (Å²) in [5.74, 6) is 0. The highest BCUT2D eigenvalue weighted by atomic mass is 16.5. The number of aromatic amines is 1. The third-order valence-corrected chi connectivity index (χ3v) is 3.39. The minimum absolute atomic E-state index is 0.459. The molecule has 4 unspecified atom stereocenters. The molecular weight excluding hydrogens is 314 g/mol. The minimum Gasteiger partial charge on any atom is -0.394 e. The number of nitroso groups, excluding NO2 is 1. The molecule has 2 heterocycles. The summed E-state index contributed by atoms with van der Waals surface area (Å²) in [6.07, 6.45) is -2.57.